The molecule has 4 nitrogen and oxygen atoms in total. The number of carbonyl (C=O) groups excluding carboxylic acids is 1. The van der Waals surface area contributed by atoms with E-state index >= 15 is 0 Å². The molecule has 0 radical (unpaired) electrons. The van der Waals surface area contributed by atoms with Crippen LogP contribution in [0.15, 0.2) is 48.7 Å². The lowest BCUT2D eigenvalue weighted by Gasteiger charge is -2.24. The summed E-state index contributed by atoms with van der Waals surface area (Å²) in [5.41, 5.74) is -1.26. The Morgan fingerprint density at radius 2 is 1.80 bits per heavy atom. The van der Waals surface area contributed by atoms with Crippen LogP contribution in [0, 0.1) is 5.41 Å². The van der Waals surface area contributed by atoms with Crippen LogP contribution in [0.4, 0.5) is 22.0 Å². The number of ketones is 1. The van der Waals surface area contributed by atoms with Gasteiger partial charge in [-0.2, -0.15) is 18.3 Å². The number of hydrogen-bond acceptors (Lipinski definition) is 3. The van der Waals surface area contributed by atoms with E-state index < -0.39 is 35.1 Å². The van der Waals surface area contributed by atoms with Gasteiger partial charge in [-0.1, -0.05) is 43.6 Å². The zero-order valence-corrected chi connectivity index (χ0v) is 20.1. The number of hydrogen-bond donors (Lipinski definition) is 0. The van der Waals surface area contributed by atoms with E-state index in [1.165, 1.54) is 24.0 Å². The van der Waals surface area contributed by atoms with Crippen LogP contribution < -0.4 is 4.74 Å². The van der Waals surface area contributed by atoms with Crippen LogP contribution in [0.2, 0.25) is 5.02 Å². The van der Waals surface area contributed by atoms with Gasteiger partial charge in [0.15, 0.2) is 5.78 Å². The van der Waals surface area contributed by atoms with Gasteiger partial charge < -0.3 is 4.74 Å². The highest BCUT2D eigenvalue weighted by molar-refractivity contribution is 6.32. The molecule has 0 aliphatic heterocycles. The molecule has 3 rings (SSSR count). The minimum Gasteiger partial charge on any atom is -0.456 e. The molecule has 0 bridgehead atoms. The summed E-state index contributed by atoms with van der Waals surface area (Å²) in [6.45, 7) is 3.72. The lowest BCUT2D eigenvalue weighted by Crippen LogP contribution is -2.19. The van der Waals surface area contributed by atoms with E-state index in [-0.39, 0.29) is 22.8 Å². The topological polar surface area (TPSA) is 44.1 Å². The summed E-state index contributed by atoms with van der Waals surface area (Å²) in [6.07, 6.45) is -5.04. The van der Waals surface area contributed by atoms with Gasteiger partial charge in [0.1, 0.15) is 17.2 Å². The number of carbonyl (C=O) groups is 1. The standard InChI is InChI=1S/C25H24ClF5N2O2/c1-24(2,13-19(34)17-14-33(3)32-22(17)23(27)28)11-10-15-6-4-5-7-20(15)35-21-9-8-16(12-18(21)26)25(29,30)31/h4-9,12,14,23H,10-11,13H2,1-3H3. The summed E-state index contributed by atoms with van der Waals surface area (Å²) in [4.78, 5) is 12.7. The number of aryl methyl sites for hydroxylation is 2. The predicted molar refractivity (Wildman–Crippen MR) is 122 cm³/mol. The molecule has 0 N–H and O–H groups in total. The van der Waals surface area contributed by atoms with Gasteiger partial charge in [0.25, 0.3) is 6.43 Å². The number of halogens is 6. The second kappa shape index (κ2) is 10.4. The average molecular weight is 515 g/mol. The summed E-state index contributed by atoms with van der Waals surface area (Å²) >= 11 is 6.02. The maximum Gasteiger partial charge on any atom is 0.416 e. The summed E-state index contributed by atoms with van der Waals surface area (Å²) < 4.78 is 72.2. The highest BCUT2D eigenvalue weighted by Crippen LogP contribution is 2.38. The normalized spacial score (nSPS) is 12.3. The maximum absolute atomic E-state index is 13.2. The Hall–Kier alpha value is -2.94. The molecule has 2 aromatic carbocycles. The molecular formula is C25H24ClF5N2O2. The summed E-state index contributed by atoms with van der Waals surface area (Å²) in [6, 6.07) is 9.86. The van der Waals surface area contributed by atoms with Gasteiger partial charge in [-0.25, -0.2) is 8.78 Å². The van der Waals surface area contributed by atoms with E-state index in [9.17, 15) is 26.7 Å². The molecule has 0 atom stereocenters. The molecule has 0 saturated heterocycles. The van der Waals surface area contributed by atoms with Crippen molar-refractivity contribution in [1.29, 1.82) is 0 Å². The third-order valence-corrected chi connectivity index (χ3v) is 5.82. The number of Topliss-reactive ketones (excluding diaryl/α,β-unsaturated/α-hetero) is 1. The number of rotatable bonds is 9. The Balaban J connectivity index is 1.71. The van der Waals surface area contributed by atoms with Gasteiger partial charge in [0, 0.05) is 19.7 Å². The molecule has 0 saturated carbocycles. The van der Waals surface area contributed by atoms with E-state index in [2.05, 4.69) is 5.10 Å². The van der Waals surface area contributed by atoms with Crippen molar-refractivity contribution < 1.29 is 31.5 Å². The number of nitrogens with zero attached hydrogens (tertiary/aromatic N) is 2. The van der Waals surface area contributed by atoms with Gasteiger partial charge in [0.2, 0.25) is 0 Å². The van der Waals surface area contributed by atoms with Crippen molar-refractivity contribution in [3.05, 3.63) is 76.1 Å². The zero-order valence-electron chi connectivity index (χ0n) is 19.3. The highest BCUT2D eigenvalue weighted by atomic mass is 35.5. The Morgan fingerprint density at radius 1 is 1.11 bits per heavy atom. The fourth-order valence-electron chi connectivity index (χ4n) is 3.66. The van der Waals surface area contributed by atoms with Crippen LogP contribution >= 0.6 is 11.6 Å². The quantitative estimate of drug-likeness (QED) is 0.214. The van der Waals surface area contributed by atoms with E-state index in [1.54, 1.807) is 24.3 Å². The Bertz CT molecular complexity index is 1200. The minimum atomic E-state index is -4.52. The van der Waals surface area contributed by atoms with Crippen LogP contribution in [0.1, 0.15) is 60.3 Å². The molecule has 3 aromatic rings. The van der Waals surface area contributed by atoms with Crippen molar-refractivity contribution in [2.24, 2.45) is 12.5 Å². The molecule has 0 fully saturated rings. The number of alkyl halides is 5. The van der Waals surface area contributed by atoms with Gasteiger partial charge in [0.05, 0.1) is 16.1 Å². The SMILES string of the molecule is Cn1cc(C(=O)CC(C)(C)CCc2ccccc2Oc2ccc(C(F)(F)F)cc2Cl)c(C(F)F)n1. The lowest BCUT2D eigenvalue weighted by atomic mass is 9.80. The van der Waals surface area contributed by atoms with Crippen LogP contribution in [-0.4, -0.2) is 15.6 Å². The first kappa shape index (κ1) is 26.7. The number of ether oxygens (including phenoxy) is 1. The van der Waals surface area contributed by atoms with Gasteiger partial charge in [-0.15, -0.1) is 0 Å². The van der Waals surface area contributed by atoms with E-state index in [0.717, 1.165) is 17.7 Å². The minimum absolute atomic E-state index is 0.0339. The summed E-state index contributed by atoms with van der Waals surface area (Å²) in [7, 11) is 1.48. The average Bonchev–Trinajstić information content (AvgIpc) is 3.16. The van der Waals surface area contributed by atoms with Crippen LogP contribution in [0.3, 0.4) is 0 Å². The van der Waals surface area contributed by atoms with Gasteiger partial charge >= 0.3 is 6.18 Å². The van der Waals surface area contributed by atoms with Crippen molar-refractivity contribution in [2.45, 2.75) is 45.7 Å². The van der Waals surface area contributed by atoms with Crippen LogP contribution in [0.25, 0.3) is 0 Å². The monoisotopic (exact) mass is 514 g/mol. The molecule has 0 amide bonds. The third-order valence-electron chi connectivity index (χ3n) is 5.53. The summed E-state index contributed by atoms with van der Waals surface area (Å²) in [5.74, 6) is 0.0839. The number of benzene rings is 2. The van der Waals surface area contributed by atoms with Crippen LogP contribution in [-0.2, 0) is 19.6 Å². The molecule has 188 valence electrons. The van der Waals surface area contributed by atoms with Gasteiger partial charge in [-0.05, 0) is 48.1 Å². The molecule has 35 heavy (non-hydrogen) atoms. The largest absolute Gasteiger partial charge is 0.456 e. The van der Waals surface area contributed by atoms with Crippen LogP contribution in [0.5, 0.6) is 11.5 Å². The van der Waals surface area contributed by atoms with E-state index in [0.29, 0.717) is 18.6 Å². The second-order valence-corrected chi connectivity index (χ2v) is 9.43. The molecular weight excluding hydrogens is 491 g/mol. The summed E-state index contributed by atoms with van der Waals surface area (Å²) in [5, 5.41) is 3.51. The smallest absolute Gasteiger partial charge is 0.416 e. The highest BCUT2D eigenvalue weighted by Gasteiger charge is 2.31. The molecule has 10 heteroatoms. The third kappa shape index (κ3) is 6.81. The fourth-order valence-corrected chi connectivity index (χ4v) is 3.88. The predicted octanol–water partition coefficient (Wildman–Crippen LogP) is 8.05. The molecule has 0 unspecified atom stereocenters. The van der Waals surface area contributed by atoms with Crippen molar-refractivity contribution in [1.82, 2.24) is 9.78 Å². The fraction of sp³-hybridized carbons (Fsp3) is 0.360. The van der Waals surface area contributed by atoms with Crippen molar-refractivity contribution >= 4 is 17.4 Å². The van der Waals surface area contributed by atoms with Crippen molar-refractivity contribution in [3.8, 4) is 11.5 Å². The van der Waals surface area contributed by atoms with E-state index in [4.69, 9.17) is 16.3 Å². The molecule has 0 spiro atoms. The molecule has 1 heterocycles. The Labute approximate surface area is 204 Å². The molecule has 1 aromatic heterocycles. The Kier molecular flexibility index (Phi) is 7.89. The van der Waals surface area contributed by atoms with Crippen molar-refractivity contribution in [2.75, 3.05) is 0 Å². The first-order valence-corrected chi connectivity index (χ1v) is 11.1. The lowest BCUT2D eigenvalue weighted by molar-refractivity contribution is -0.137. The van der Waals surface area contributed by atoms with E-state index in [1.807, 2.05) is 13.8 Å². The van der Waals surface area contributed by atoms with Crippen molar-refractivity contribution in [3.63, 3.8) is 0 Å². The first-order valence-electron chi connectivity index (χ1n) is 10.7. The molecule has 0 aliphatic rings. The zero-order chi connectivity index (χ0) is 26.0. The first-order chi connectivity index (χ1) is 16.3. The second-order valence-electron chi connectivity index (χ2n) is 9.02. The number of para-hydroxylation sites is 1. The maximum atomic E-state index is 13.2. The Morgan fingerprint density at radius 3 is 2.43 bits per heavy atom. The number of aromatic nitrogens is 2. The van der Waals surface area contributed by atoms with Gasteiger partial charge in [-0.3, -0.25) is 9.48 Å². The molecule has 0 aliphatic carbocycles.